The van der Waals surface area contributed by atoms with Gasteiger partial charge in [-0.1, -0.05) is 32.9 Å². The third-order valence-corrected chi connectivity index (χ3v) is 1.56. The Bertz CT molecular complexity index is 232. The second kappa shape index (κ2) is 7.30. The highest BCUT2D eigenvalue weighted by Crippen LogP contribution is 2.14. The molecule has 0 saturated heterocycles. The lowest BCUT2D eigenvalue weighted by Crippen LogP contribution is -2.01. The summed E-state index contributed by atoms with van der Waals surface area (Å²) in [5.41, 5.74) is 1.11. The minimum absolute atomic E-state index is 0.210. The Morgan fingerprint density at radius 1 is 1.14 bits per heavy atom. The molecule has 0 aromatic heterocycles. The quantitative estimate of drug-likeness (QED) is 0.722. The molecule has 0 heterocycles. The molecule has 0 radical (unpaired) electrons. The van der Waals surface area contributed by atoms with E-state index in [1.807, 2.05) is 20.8 Å². The third-order valence-electron chi connectivity index (χ3n) is 1.56. The molecule has 0 saturated carbocycles. The number of rotatable bonds is 3. The number of benzene rings is 1. The fourth-order valence-electron chi connectivity index (χ4n) is 0.907. The normalized spacial score (nSPS) is 9.29. The van der Waals surface area contributed by atoms with Gasteiger partial charge in [-0.05, 0) is 24.1 Å². The fraction of sp³-hybridized carbons (Fsp3) is 0.455. The number of aryl methyl sites for hydroxylation is 1. The summed E-state index contributed by atoms with van der Waals surface area (Å²) in [5, 5.41) is 0. The van der Waals surface area contributed by atoms with Gasteiger partial charge in [0.1, 0.15) is 5.75 Å². The van der Waals surface area contributed by atoms with E-state index in [9.17, 15) is 8.78 Å². The van der Waals surface area contributed by atoms with Crippen LogP contribution in [-0.2, 0) is 6.42 Å². The van der Waals surface area contributed by atoms with Crippen LogP contribution < -0.4 is 4.74 Å². The van der Waals surface area contributed by atoms with Crippen LogP contribution in [0.25, 0.3) is 0 Å². The molecule has 0 aliphatic heterocycles. The van der Waals surface area contributed by atoms with Crippen molar-refractivity contribution in [3.63, 3.8) is 0 Å². The van der Waals surface area contributed by atoms with Gasteiger partial charge in [0.25, 0.3) is 0 Å². The van der Waals surface area contributed by atoms with Crippen molar-refractivity contribution in [2.24, 2.45) is 0 Å². The number of alkyl halides is 2. The molecule has 1 aromatic carbocycles. The van der Waals surface area contributed by atoms with E-state index in [1.165, 1.54) is 0 Å². The lowest BCUT2D eigenvalue weighted by atomic mass is 10.2. The van der Waals surface area contributed by atoms with Crippen LogP contribution in [0, 0.1) is 0 Å². The van der Waals surface area contributed by atoms with Gasteiger partial charge in [-0.2, -0.15) is 8.78 Å². The van der Waals surface area contributed by atoms with Crippen LogP contribution in [0.4, 0.5) is 8.78 Å². The van der Waals surface area contributed by atoms with Crippen molar-refractivity contribution in [3.05, 3.63) is 29.8 Å². The Balaban J connectivity index is 0.000000791. The van der Waals surface area contributed by atoms with Crippen LogP contribution in [0.3, 0.4) is 0 Å². The summed E-state index contributed by atoms with van der Waals surface area (Å²) in [4.78, 5) is 0. The smallest absolute Gasteiger partial charge is 0.387 e. The number of hydrogen-bond donors (Lipinski definition) is 0. The van der Waals surface area contributed by atoms with Crippen molar-refractivity contribution in [2.45, 2.75) is 33.8 Å². The predicted molar refractivity (Wildman–Crippen MR) is 53.8 cm³/mol. The molecule has 3 heteroatoms. The first-order valence-electron chi connectivity index (χ1n) is 4.76. The molecule has 0 bridgehead atoms. The van der Waals surface area contributed by atoms with Crippen molar-refractivity contribution in [3.8, 4) is 5.75 Å². The summed E-state index contributed by atoms with van der Waals surface area (Å²) in [6, 6.07) is 6.64. The zero-order valence-electron chi connectivity index (χ0n) is 8.76. The maximum absolute atomic E-state index is 11.7. The van der Waals surface area contributed by atoms with E-state index in [0.29, 0.717) is 0 Å². The van der Waals surface area contributed by atoms with Gasteiger partial charge in [0.2, 0.25) is 0 Å². The second-order valence-electron chi connectivity index (χ2n) is 2.38. The van der Waals surface area contributed by atoms with Crippen molar-refractivity contribution in [1.82, 2.24) is 0 Å². The summed E-state index contributed by atoms with van der Waals surface area (Å²) < 4.78 is 27.5. The molecule has 0 amide bonds. The summed E-state index contributed by atoms with van der Waals surface area (Å²) >= 11 is 0. The standard InChI is InChI=1S/C9H10F2O.C2H6/c1-2-7-3-5-8(6-4-7)12-9(10)11;1-2/h3-6,9H,2H2,1H3;1-2H3. The van der Waals surface area contributed by atoms with E-state index in [1.54, 1.807) is 24.3 Å². The first kappa shape index (κ1) is 12.9. The van der Waals surface area contributed by atoms with Crippen molar-refractivity contribution in [2.75, 3.05) is 0 Å². The van der Waals surface area contributed by atoms with Gasteiger partial charge in [0.15, 0.2) is 0 Å². The van der Waals surface area contributed by atoms with E-state index >= 15 is 0 Å². The molecule has 1 aromatic rings. The minimum Gasteiger partial charge on any atom is -0.435 e. The van der Waals surface area contributed by atoms with Gasteiger partial charge in [0, 0.05) is 0 Å². The SMILES string of the molecule is CC.CCc1ccc(OC(F)F)cc1. The monoisotopic (exact) mass is 202 g/mol. The first-order chi connectivity index (χ1) is 6.72. The fourth-order valence-corrected chi connectivity index (χ4v) is 0.907. The van der Waals surface area contributed by atoms with E-state index < -0.39 is 6.61 Å². The minimum atomic E-state index is -2.74. The number of ether oxygens (including phenoxy) is 1. The average Bonchev–Trinajstić information content (AvgIpc) is 2.21. The molecule has 80 valence electrons. The summed E-state index contributed by atoms with van der Waals surface area (Å²) in [5.74, 6) is 0.210. The summed E-state index contributed by atoms with van der Waals surface area (Å²) in [6.45, 7) is 3.26. The van der Waals surface area contributed by atoms with Crippen molar-refractivity contribution < 1.29 is 13.5 Å². The molecule has 0 fully saturated rings. The average molecular weight is 202 g/mol. The molecular formula is C11H16F2O. The second-order valence-corrected chi connectivity index (χ2v) is 2.38. The Morgan fingerprint density at radius 2 is 1.64 bits per heavy atom. The Kier molecular flexibility index (Phi) is 6.72. The Morgan fingerprint density at radius 3 is 2.00 bits per heavy atom. The molecule has 0 spiro atoms. The zero-order chi connectivity index (χ0) is 11.0. The highest BCUT2D eigenvalue weighted by atomic mass is 19.3. The first-order valence-corrected chi connectivity index (χ1v) is 4.76. The molecular weight excluding hydrogens is 186 g/mol. The maximum atomic E-state index is 11.7. The maximum Gasteiger partial charge on any atom is 0.387 e. The van der Waals surface area contributed by atoms with Crippen molar-refractivity contribution >= 4 is 0 Å². The molecule has 0 aliphatic rings. The van der Waals surface area contributed by atoms with E-state index in [2.05, 4.69) is 4.74 Å². The molecule has 0 unspecified atom stereocenters. The zero-order valence-corrected chi connectivity index (χ0v) is 8.76. The lowest BCUT2D eigenvalue weighted by Gasteiger charge is -2.03. The molecule has 14 heavy (non-hydrogen) atoms. The van der Waals surface area contributed by atoms with Crippen LogP contribution in [0.2, 0.25) is 0 Å². The van der Waals surface area contributed by atoms with E-state index in [4.69, 9.17) is 0 Å². The van der Waals surface area contributed by atoms with Crippen LogP contribution >= 0.6 is 0 Å². The Hall–Kier alpha value is -1.12. The lowest BCUT2D eigenvalue weighted by molar-refractivity contribution is -0.0498. The highest BCUT2D eigenvalue weighted by molar-refractivity contribution is 5.27. The molecule has 0 N–H and O–H groups in total. The summed E-state index contributed by atoms with van der Waals surface area (Å²) in [7, 11) is 0. The molecule has 0 aliphatic carbocycles. The van der Waals surface area contributed by atoms with E-state index in [0.717, 1.165) is 12.0 Å². The van der Waals surface area contributed by atoms with Gasteiger partial charge in [0.05, 0.1) is 0 Å². The predicted octanol–water partition coefficient (Wildman–Crippen LogP) is 3.88. The van der Waals surface area contributed by atoms with Crippen LogP contribution in [0.5, 0.6) is 5.75 Å². The largest absolute Gasteiger partial charge is 0.435 e. The van der Waals surface area contributed by atoms with Crippen molar-refractivity contribution in [1.29, 1.82) is 0 Å². The number of halogens is 2. The van der Waals surface area contributed by atoms with E-state index in [-0.39, 0.29) is 5.75 Å². The van der Waals surface area contributed by atoms with Crippen LogP contribution in [-0.4, -0.2) is 6.61 Å². The van der Waals surface area contributed by atoms with Crippen LogP contribution in [0.1, 0.15) is 26.3 Å². The number of hydrogen-bond acceptors (Lipinski definition) is 1. The topological polar surface area (TPSA) is 9.23 Å². The molecule has 1 nitrogen and oxygen atoms in total. The molecule has 0 atom stereocenters. The molecule has 1 rings (SSSR count). The van der Waals surface area contributed by atoms with Gasteiger partial charge >= 0.3 is 6.61 Å². The van der Waals surface area contributed by atoms with Crippen LogP contribution in [0.15, 0.2) is 24.3 Å². The third kappa shape index (κ3) is 4.80. The summed E-state index contributed by atoms with van der Waals surface area (Å²) in [6.07, 6.45) is 0.898. The van der Waals surface area contributed by atoms with Gasteiger partial charge in [-0.15, -0.1) is 0 Å². The van der Waals surface area contributed by atoms with Gasteiger partial charge < -0.3 is 4.74 Å². The van der Waals surface area contributed by atoms with Gasteiger partial charge in [-0.3, -0.25) is 0 Å². The highest BCUT2D eigenvalue weighted by Gasteiger charge is 2.02. The Labute approximate surface area is 83.7 Å². The van der Waals surface area contributed by atoms with Gasteiger partial charge in [-0.25, -0.2) is 0 Å².